The van der Waals surface area contributed by atoms with Gasteiger partial charge in [-0.25, -0.2) is 4.39 Å². The second-order valence-corrected chi connectivity index (χ2v) is 7.10. The Kier molecular flexibility index (Phi) is 5.47. The Labute approximate surface area is 184 Å². The predicted octanol–water partition coefficient (Wildman–Crippen LogP) is 3.83. The summed E-state index contributed by atoms with van der Waals surface area (Å²) in [4.78, 5) is 8.60. The highest BCUT2D eigenvalue weighted by atomic mass is 19.3. The molecule has 1 aliphatic rings. The normalized spacial score (nSPS) is 13.3. The van der Waals surface area contributed by atoms with Gasteiger partial charge in [0.2, 0.25) is 17.6 Å². The zero-order valence-corrected chi connectivity index (χ0v) is 16.9. The molecule has 0 fully saturated rings. The predicted molar refractivity (Wildman–Crippen MR) is 111 cm³/mol. The molecular formula is C21H16F3N7O2. The SMILES string of the molecule is Fc1cc(-c2nnc(C(F)F)o2)ccc1Cc1nc(-c2ccc(NC3=NCCN3)cc2)no1. The molecular weight excluding hydrogens is 439 g/mol. The summed E-state index contributed by atoms with van der Waals surface area (Å²) < 4.78 is 49.9. The number of hydrogen-bond acceptors (Lipinski definition) is 9. The van der Waals surface area contributed by atoms with Gasteiger partial charge in [0.1, 0.15) is 5.82 Å². The van der Waals surface area contributed by atoms with Crippen LogP contribution in [0.5, 0.6) is 0 Å². The zero-order valence-electron chi connectivity index (χ0n) is 16.9. The van der Waals surface area contributed by atoms with Gasteiger partial charge in [0.05, 0.1) is 13.0 Å². The molecule has 168 valence electrons. The van der Waals surface area contributed by atoms with Gasteiger partial charge in [-0.05, 0) is 42.0 Å². The van der Waals surface area contributed by atoms with E-state index < -0.39 is 18.1 Å². The molecule has 0 spiro atoms. The molecule has 12 heteroatoms. The summed E-state index contributed by atoms with van der Waals surface area (Å²) in [5.74, 6) is -0.282. The maximum absolute atomic E-state index is 14.6. The Balaban J connectivity index is 1.27. The van der Waals surface area contributed by atoms with Crippen molar-refractivity contribution in [1.29, 1.82) is 0 Å². The van der Waals surface area contributed by atoms with Gasteiger partial charge in [-0.1, -0.05) is 11.2 Å². The van der Waals surface area contributed by atoms with Crippen molar-refractivity contribution in [1.82, 2.24) is 25.7 Å². The van der Waals surface area contributed by atoms with Crippen molar-refractivity contribution < 1.29 is 22.1 Å². The molecule has 4 aromatic rings. The Hall–Kier alpha value is -4.22. The second-order valence-electron chi connectivity index (χ2n) is 7.10. The molecule has 0 bridgehead atoms. The first-order valence-corrected chi connectivity index (χ1v) is 9.94. The first-order chi connectivity index (χ1) is 16.0. The van der Waals surface area contributed by atoms with Crippen LogP contribution in [0.25, 0.3) is 22.8 Å². The average Bonchev–Trinajstić information content (AvgIpc) is 3.58. The highest BCUT2D eigenvalue weighted by Gasteiger charge is 2.18. The minimum atomic E-state index is -2.90. The van der Waals surface area contributed by atoms with E-state index in [1.165, 1.54) is 12.1 Å². The van der Waals surface area contributed by atoms with Gasteiger partial charge in [-0.2, -0.15) is 13.8 Å². The van der Waals surface area contributed by atoms with Crippen molar-refractivity contribution in [3.8, 4) is 22.8 Å². The molecule has 0 saturated heterocycles. The van der Waals surface area contributed by atoms with E-state index in [9.17, 15) is 13.2 Å². The number of halogens is 3. The fraction of sp³-hybridized carbons (Fsp3) is 0.190. The molecule has 0 aliphatic carbocycles. The van der Waals surface area contributed by atoms with E-state index >= 15 is 0 Å². The molecule has 2 aromatic heterocycles. The molecule has 0 saturated carbocycles. The van der Waals surface area contributed by atoms with Crippen LogP contribution in [0.2, 0.25) is 0 Å². The van der Waals surface area contributed by atoms with E-state index in [0.717, 1.165) is 36.4 Å². The van der Waals surface area contributed by atoms with Crippen molar-refractivity contribution >= 4 is 11.6 Å². The van der Waals surface area contributed by atoms with Crippen LogP contribution in [0.3, 0.4) is 0 Å². The third kappa shape index (κ3) is 4.54. The summed E-state index contributed by atoms with van der Waals surface area (Å²) in [6.45, 7) is 1.55. The van der Waals surface area contributed by atoms with Crippen LogP contribution in [-0.4, -0.2) is 39.4 Å². The quantitative estimate of drug-likeness (QED) is 0.451. The van der Waals surface area contributed by atoms with E-state index in [1.807, 2.05) is 24.3 Å². The monoisotopic (exact) mass is 455 g/mol. The van der Waals surface area contributed by atoms with E-state index in [2.05, 4.69) is 36.0 Å². The topological polar surface area (TPSA) is 114 Å². The number of nitrogens with one attached hydrogen (secondary N) is 2. The number of nitrogens with zero attached hydrogens (tertiary/aromatic N) is 5. The first kappa shape index (κ1) is 20.7. The molecule has 3 heterocycles. The number of benzene rings is 2. The number of aliphatic imine (C=N–C) groups is 1. The number of guanidine groups is 1. The molecule has 2 aromatic carbocycles. The van der Waals surface area contributed by atoms with Crippen molar-refractivity contribution in [2.45, 2.75) is 12.8 Å². The lowest BCUT2D eigenvalue weighted by atomic mass is 10.1. The van der Waals surface area contributed by atoms with Gasteiger partial charge in [0.25, 0.3) is 5.89 Å². The lowest BCUT2D eigenvalue weighted by Gasteiger charge is -2.06. The molecule has 0 radical (unpaired) electrons. The molecule has 0 amide bonds. The highest BCUT2D eigenvalue weighted by Crippen LogP contribution is 2.26. The van der Waals surface area contributed by atoms with Gasteiger partial charge in [-0.15, -0.1) is 10.2 Å². The molecule has 5 rings (SSSR count). The van der Waals surface area contributed by atoms with Crippen LogP contribution in [0.1, 0.15) is 23.8 Å². The van der Waals surface area contributed by atoms with Gasteiger partial charge in [0, 0.05) is 23.4 Å². The Morgan fingerprint density at radius 3 is 2.58 bits per heavy atom. The number of anilines is 1. The Bertz CT molecular complexity index is 1300. The lowest BCUT2D eigenvalue weighted by molar-refractivity contribution is 0.116. The highest BCUT2D eigenvalue weighted by molar-refractivity contribution is 5.94. The molecule has 0 unspecified atom stereocenters. The van der Waals surface area contributed by atoms with E-state index in [4.69, 9.17) is 8.94 Å². The zero-order chi connectivity index (χ0) is 22.8. The van der Waals surface area contributed by atoms with Gasteiger partial charge >= 0.3 is 6.43 Å². The van der Waals surface area contributed by atoms with Crippen molar-refractivity contribution in [3.63, 3.8) is 0 Å². The lowest BCUT2D eigenvalue weighted by Crippen LogP contribution is -2.26. The minimum Gasteiger partial charge on any atom is -0.415 e. The summed E-state index contributed by atoms with van der Waals surface area (Å²) in [6, 6.07) is 11.5. The van der Waals surface area contributed by atoms with Crippen LogP contribution in [-0.2, 0) is 6.42 Å². The van der Waals surface area contributed by atoms with Crippen LogP contribution >= 0.6 is 0 Å². The average molecular weight is 455 g/mol. The number of aromatic nitrogens is 4. The van der Waals surface area contributed by atoms with Crippen LogP contribution in [0.15, 0.2) is 56.4 Å². The van der Waals surface area contributed by atoms with Gasteiger partial charge in [0.15, 0.2) is 5.96 Å². The summed E-state index contributed by atoms with van der Waals surface area (Å²) >= 11 is 0. The van der Waals surface area contributed by atoms with Crippen LogP contribution < -0.4 is 10.6 Å². The molecule has 0 atom stereocenters. The number of rotatable bonds is 6. The second kappa shape index (κ2) is 8.73. The molecule has 1 aliphatic heterocycles. The maximum Gasteiger partial charge on any atom is 0.314 e. The van der Waals surface area contributed by atoms with Crippen LogP contribution in [0.4, 0.5) is 18.9 Å². The summed E-state index contributed by atoms with van der Waals surface area (Å²) in [5.41, 5.74) is 2.07. The summed E-state index contributed by atoms with van der Waals surface area (Å²) in [5, 5.41) is 17.0. The van der Waals surface area contributed by atoms with E-state index in [1.54, 1.807) is 0 Å². The van der Waals surface area contributed by atoms with Crippen LogP contribution in [0, 0.1) is 5.82 Å². The van der Waals surface area contributed by atoms with Crippen molar-refractivity contribution in [2.75, 3.05) is 18.4 Å². The third-order valence-corrected chi connectivity index (χ3v) is 4.82. The Morgan fingerprint density at radius 1 is 1.06 bits per heavy atom. The van der Waals surface area contributed by atoms with Crippen molar-refractivity contribution in [2.24, 2.45) is 4.99 Å². The smallest absolute Gasteiger partial charge is 0.314 e. The van der Waals surface area contributed by atoms with Gasteiger partial charge in [-0.3, -0.25) is 4.99 Å². The third-order valence-electron chi connectivity index (χ3n) is 4.82. The first-order valence-electron chi connectivity index (χ1n) is 9.94. The number of hydrogen-bond donors (Lipinski definition) is 2. The summed E-state index contributed by atoms with van der Waals surface area (Å²) in [6.07, 6.45) is -2.84. The fourth-order valence-electron chi connectivity index (χ4n) is 3.19. The van der Waals surface area contributed by atoms with E-state index in [0.29, 0.717) is 5.82 Å². The van der Waals surface area contributed by atoms with Crippen molar-refractivity contribution in [3.05, 3.63) is 65.6 Å². The molecule has 9 nitrogen and oxygen atoms in total. The Morgan fingerprint density at radius 2 is 1.88 bits per heavy atom. The fourth-order valence-corrected chi connectivity index (χ4v) is 3.19. The molecule has 33 heavy (non-hydrogen) atoms. The summed E-state index contributed by atoms with van der Waals surface area (Å²) in [7, 11) is 0. The van der Waals surface area contributed by atoms with E-state index in [-0.39, 0.29) is 29.3 Å². The molecule has 2 N–H and O–H groups in total. The maximum atomic E-state index is 14.6. The minimum absolute atomic E-state index is 0.0519. The largest absolute Gasteiger partial charge is 0.415 e. The standard InChI is InChI=1S/C21H16F3N7O2/c22-15-9-13(19-29-30-20(32-19)17(23)24)2-1-12(15)10-16-28-18(31-33-16)11-3-5-14(6-4-11)27-21-25-7-8-26-21/h1-6,9,17H,7-8,10H2,(H2,25,26,27). The number of alkyl halides is 2. The van der Waals surface area contributed by atoms with Gasteiger partial charge < -0.3 is 19.6 Å².